The summed E-state index contributed by atoms with van der Waals surface area (Å²) in [6.07, 6.45) is 0.145. The third-order valence-electron chi connectivity index (χ3n) is 6.29. The number of piperidine rings is 1. The van der Waals surface area contributed by atoms with Gasteiger partial charge >= 0.3 is 5.51 Å². The smallest absolute Gasteiger partial charge is 0.378 e. The number of thioether (sulfide) groups is 1. The van der Waals surface area contributed by atoms with Crippen molar-refractivity contribution in [3.63, 3.8) is 0 Å². The summed E-state index contributed by atoms with van der Waals surface area (Å²) in [5, 5.41) is 9.46. The van der Waals surface area contributed by atoms with Gasteiger partial charge in [-0.2, -0.15) is 18.2 Å². The van der Waals surface area contributed by atoms with Gasteiger partial charge in [-0.05, 0) is 31.7 Å². The third kappa shape index (κ3) is 6.06. The molecule has 1 amide bonds. The van der Waals surface area contributed by atoms with Crippen LogP contribution in [-0.4, -0.2) is 89.1 Å². The number of carbonyl (C=O) groups is 1. The summed E-state index contributed by atoms with van der Waals surface area (Å²) >= 11 is -0.307. The molecule has 2 N–H and O–H groups in total. The highest BCUT2D eigenvalue weighted by molar-refractivity contribution is 8.00. The maximum Gasteiger partial charge on any atom is 0.447 e. The summed E-state index contributed by atoms with van der Waals surface area (Å²) in [5.74, 6) is -0.494. The molecular weight excluding hydrogens is 532 g/mol. The van der Waals surface area contributed by atoms with Gasteiger partial charge in [0.2, 0.25) is 11.7 Å². The molecule has 2 aliphatic rings. The number of hydrogen-bond acceptors (Lipinski definition) is 9. The lowest BCUT2D eigenvalue weighted by Gasteiger charge is -2.33. The van der Waals surface area contributed by atoms with E-state index in [1.54, 1.807) is 12.1 Å². The highest BCUT2D eigenvalue weighted by Gasteiger charge is 2.34. The SMILES string of the molecule is CN1CC[C@@H](Nc2cccn3c(SC(F)(F)F)c(-c4noc(CNC(=O)[C@H]5COCCO5)n4)cc23)[C@@H](F)C1. The molecule has 10 nitrogen and oxygen atoms in total. The number of aromatic nitrogens is 3. The second kappa shape index (κ2) is 11.1. The van der Waals surface area contributed by atoms with Crippen LogP contribution in [0.5, 0.6) is 0 Å². The van der Waals surface area contributed by atoms with Crippen LogP contribution < -0.4 is 10.6 Å². The standard InChI is InChI=1S/C23H26F4N6O4S/c1-32-6-4-15(14(24)11-32)29-16-3-2-5-33-17(16)9-13(22(33)38-23(25,26)27)20-30-19(37-31-20)10-28-21(34)18-12-35-7-8-36-18/h2-3,5,9,14-15,18,29H,4,6-8,10-12H2,1H3,(H,28,34)/t14-,15+,18+/m0/s1. The number of alkyl halides is 4. The van der Waals surface area contributed by atoms with Gasteiger partial charge in [0.1, 0.15) is 6.17 Å². The van der Waals surface area contributed by atoms with Crippen LogP contribution in [0.2, 0.25) is 0 Å². The van der Waals surface area contributed by atoms with Gasteiger partial charge < -0.3 is 33.9 Å². The van der Waals surface area contributed by atoms with Gasteiger partial charge in [-0.3, -0.25) is 4.79 Å². The lowest BCUT2D eigenvalue weighted by Crippen LogP contribution is -2.46. The van der Waals surface area contributed by atoms with E-state index in [2.05, 4.69) is 20.8 Å². The van der Waals surface area contributed by atoms with Crippen molar-refractivity contribution in [2.45, 2.75) is 41.8 Å². The zero-order valence-corrected chi connectivity index (χ0v) is 21.1. The molecule has 5 heterocycles. The topological polar surface area (TPSA) is 106 Å². The largest absolute Gasteiger partial charge is 0.447 e. The van der Waals surface area contributed by atoms with Gasteiger partial charge in [0.25, 0.3) is 5.91 Å². The van der Waals surface area contributed by atoms with Gasteiger partial charge in [-0.15, -0.1) is 0 Å². The fourth-order valence-corrected chi connectivity index (χ4v) is 5.18. The first-order chi connectivity index (χ1) is 18.2. The molecule has 2 saturated heterocycles. The quantitative estimate of drug-likeness (QED) is 0.334. The summed E-state index contributed by atoms with van der Waals surface area (Å²) in [5.41, 5.74) is -3.60. The lowest BCUT2D eigenvalue weighted by atomic mass is 10.0. The molecule has 0 unspecified atom stereocenters. The van der Waals surface area contributed by atoms with Crippen LogP contribution in [0.3, 0.4) is 0 Å². The zero-order valence-electron chi connectivity index (χ0n) is 20.3. The molecule has 15 heteroatoms. The molecule has 206 valence electrons. The van der Waals surface area contributed by atoms with Crippen LogP contribution >= 0.6 is 11.8 Å². The summed E-state index contributed by atoms with van der Waals surface area (Å²) in [6, 6.07) is 4.32. The van der Waals surface area contributed by atoms with Crippen LogP contribution in [0.15, 0.2) is 33.9 Å². The van der Waals surface area contributed by atoms with E-state index in [-0.39, 0.29) is 53.8 Å². The number of nitrogens with zero attached hydrogens (tertiary/aromatic N) is 4. The number of hydrogen-bond donors (Lipinski definition) is 2. The van der Waals surface area contributed by atoms with Gasteiger partial charge in [-0.25, -0.2) is 4.39 Å². The first kappa shape index (κ1) is 26.7. The van der Waals surface area contributed by atoms with Crippen LogP contribution in [-0.2, 0) is 20.8 Å². The fourth-order valence-electron chi connectivity index (χ4n) is 4.44. The average molecular weight is 559 g/mol. The van der Waals surface area contributed by atoms with Gasteiger partial charge in [0.15, 0.2) is 6.10 Å². The molecule has 0 saturated carbocycles. The van der Waals surface area contributed by atoms with Crippen molar-refractivity contribution >= 4 is 28.9 Å². The van der Waals surface area contributed by atoms with Crippen LogP contribution in [0.4, 0.5) is 23.2 Å². The van der Waals surface area contributed by atoms with Crippen LogP contribution in [0.25, 0.3) is 16.9 Å². The van der Waals surface area contributed by atoms with E-state index in [1.165, 1.54) is 16.7 Å². The Morgan fingerprint density at radius 1 is 1.32 bits per heavy atom. The summed E-state index contributed by atoms with van der Waals surface area (Å²) in [7, 11) is 1.84. The minimum atomic E-state index is -4.59. The highest BCUT2D eigenvalue weighted by Crippen LogP contribution is 2.43. The monoisotopic (exact) mass is 558 g/mol. The Kier molecular flexibility index (Phi) is 7.79. The van der Waals surface area contributed by atoms with E-state index in [4.69, 9.17) is 14.0 Å². The fraction of sp³-hybridized carbons (Fsp3) is 0.522. The van der Waals surface area contributed by atoms with E-state index < -0.39 is 29.7 Å². The van der Waals surface area contributed by atoms with Crippen molar-refractivity contribution in [3.05, 3.63) is 30.3 Å². The number of carbonyl (C=O) groups excluding carboxylic acids is 1. The molecule has 0 radical (unpaired) electrons. The molecule has 5 rings (SSSR count). The Morgan fingerprint density at radius 2 is 2.16 bits per heavy atom. The van der Waals surface area contributed by atoms with Crippen molar-refractivity contribution in [2.24, 2.45) is 0 Å². The molecular formula is C23H26F4N6O4S. The number of pyridine rings is 1. The maximum atomic E-state index is 14.7. The highest BCUT2D eigenvalue weighted by atomic mass is 32.2. The Balaban J connectivity index is 1.41. The summed E-state index contributed by atoms with van der Waals surface area (Å²) in [6.45, 7) is 1.65. The molecule has 0 aliphatic carbocycles. The van der Waals surface area contributed by atoms with Crippen molar-refractivity contribution in [3.8, 4) is 11.4 Å². The molecule has 0 bridgehead atoms. The van der Waals surface area contributed by atoms with E-state index in [0.29, 0.717) is 37.4 Å². The Morgan fingerprint density at radius 3 is 2.89 bits per heavy atom. The first-order valence-electron chi connectivity index (χ1n) is 12.0. The summed E-state index contributed by atoms with van der Waals surface area (Å²) < 4.78 is 72.4. The molecule has 3 aromatic heterocycles. The molecule has 3 aromatic rings. The number of rotatable bonds is 7. The number of anilines is 1. The molecule has 0 spiro atoms. The lowest BCUT2D eigenvalue weighted by molar-refractivity contribution is -0.147. The first-order valence-corrected chi connectivity index (χ1v) is 12.8. The second-order valence-electron chi connectivity index (χ2n) is 9.07. The third-order valence-corrected chi connectivity index (χ3v) is 7.13. The van der Waals surface area contributed by atoms with Crippen molar-refractivity contribution < 1.29 is 36.4 Å². The van der Waals surface area contributed by atoms with E-state index in [0.717, 1.165) is 0 Å². The number of amides is 1. The van der Waals surface area contributed by atoms with E-state index >= 15 is 0 Å². The predicted molar refractivity (Wildman–Crippen MR) is 129 cm³/mol. The van der Waals surface area contributed by atoms with Gasteiger partial charge in [-0.1, -0.05) is 5.16 Å². The predicted octanol–water partition coefficient (Wildman–Crippen LogP) is 3.09. The molecule has 38 heavy (non-hydrogen) atoms. The van der Waals surface area contributed by atoms with Gasteiger partial charge in [0, 0.05) is 31.0 Å². The van der Waals surface area contributed by atoms with E-state index in [1.807, 2.05) is 11.9 Å². The normalized spacial score (nSPS) is 23.0. The number of fused-ring (bicyclic) bond motifs is 1. The van der Waals surface area contributed by atoms with Crippen molar-refractivity contribution in [1.29, 1.82) is 0 Å². The number of ether oxygens (including phenoxy) is 2. The Labute approximate surface area is 219 Å². The van der Waals surface area contributed by atoms with Crippen LogP contribution in [0.1, 0.15) is 12.3 Å². The number of likely N-dealkylation sites (tertiary alicyclic amines) is 1. The minimum absolute atomic E-state index is 0.00763. The second-order valence-corrected chi connectivity index (χ2v) is 10.1. The average Bonchev–Trinajstić information content (AvgIpc) is 3.49. The molecule has 2 aliphatic heterocycles. The molecule has 2 fully saturated rings. The van der Waals surface area contributed by atoms with Crippen LogP contribution in [0, 0.1) is 0 Å². The van der Waals surface area contributed by atoms with E-state index in [9.17, 15) is 22.4 Å². The summed E-state index contributed by atoms with van der Waals surface area (Å²) in [4.78, 5) is 18.3. The number of halogens is 4. The van der Waals surface area contributed by atoms with Crippen molar-refractivity contribution in [1.82, 2.24) is 24.8 Å². The zero-order chi connectivity index (χ0) is 26.9. The molecule has 3 atom stereocenters. The minimum Gasteiger partial charge on any atom is -0.378 e. The number of nitrogens with one attached hydrogen (secondary N) is 2. The maximum absolute atomic E-state index is 14.7. The Bertz CT molecular complexity index is 1280. The van der Waals surface area contributed by atoms with Crippen molar-refractivity contribution in [2.75, 3.05) is 45.3 Å². The molecule has 0 aromatic carbocycles. The Hall–Kier alpha value is -2.88. The van der Waals surface area contributed by atoms with Gasteiger partial charge in [0.05, 0.1) is 54.2 Å².